The van der Waals surface area contributed by atoms with Crippen LogP contribution in [0.1, 0.15) is 11.1 Å². The van der Waals surface area contributed by atoms with Crippen LogP contribution in [0.3, 0.4) is 0 Å². The zero-order valence-electron chi connectivity index (χ0n) is 18.2. The molecule has 0 aliphatic heterocycles. The standard InChI is InChI=1S/C23H24N6O4/c1-15-8-10-18(11-9-15)33-14-17(30)13-29-19-20(28(2)23(32)26-21(19)31)25-22(29)27-24-12-16-6-4-3-5-7-16/h3-12,17,30H,13-14H2,1-2H3,(H,25,27)(H,26,31,32)/b24-12+. The number of nitrogens with one attached hydrogen (secondary N) is 2. The number of aromatic amines is 1. The first-order chi connectivity index (χ1) is 15.9. The molecule has 0 saturated carbocycles. The maximum Gasteiger partial charge on any atom is 0.329 e. The number of aliphatic hydroxyl groups is 1. The molecule has 0 amide bonds. The normalized spacial score (nSPS) is 12.3. The van der Waals surface area contributed by atoms with Crippen LogP contribution in [0.25, 0.3) is 11.2 Å². The van der Waals surface area contributed by atoms with Crippen LogP contribution in [0.2, 0.25) is 0 Å². The summed E-state index contributed by atoms with van der Waals surface area (Å²) in [6.45, 7) is 1.97. The van der Waals surface area contributed by atoms with Gasteiger partial charge in [0.25, 0.3) is 5.56 Å². The fourth-order valence-electron chi connectivity index (χ4n) is 3.29. The van der Waals surface area contributed by atoms with E-state index in [-0.39, 0.29) is 30.3 Å². The Morgan fingerprint density at radius 2 is 1.91 bits per heavy atom. The van der Waals surface area contributed by atoms with E-state index < -0.39 is 17.4 Å². The lowest BCUT2D eigenvalue weighted by atomic mass is 10.2. The van der Waals surface area contributed by atoms with Crippen molar-refractivity contribution in [2.24, 2.45) is 12.1 Å². The third-order valence-corrected chi connectivity index (χ3v) is 5.04. The number of imidazole rings is 1. The number of aryl methyl sites for hydroxylation is 2. The van der Waals surface area contributed by atoms with Gasteiger partial charge in [0.1, 0.15) is 18.5 Å². The molecule has 1 atom stereocenters. The molecule has 0 saturated heterocycles. The smallest absolute Gasteiger partial charge is 0.329 e. The highest BCUT2D eigenvalue weighted by molar-refractivity contribution is 5.80. The molecule has 0 bridgehead atoms. The Labute approximate surface area is 188 Å². The van der Waals surface area contributed by atoms with Crippen molar-refractivity contribution >= 4 is 23.3 Å². The molecule has 1 unspecified atom stereocenters. The lowest BCUT2D eigenvalue weighted by molar-refractivity contribution is 0.0938. The molecule has 4 rings (SSSR count). The predicted octanol–water partition coefficient (Wildman–Crippen LogP) is 1.62. The number of aliphatic hydroxyl groups excluding tert-OH is 1. The largest absolute Gasteiger partial charge is 0.491 e. The number of aromatic nitrogens is 4. The van der Waals surface area contributed by atoms with E-state index in [1.807, 2.05) is 61.5 Å². The summed E-state index contributed by atoms with van der Waals surface area (Å²) >= 11 is 0. The molecule has 0 spiro atoms. The van der Waals surface area contributed by atoms with Crippen LogP contribution in [0.15, 0.2) is 69.3 Å². The van der Waals surface area contributed by atoms with Crippen LogP contribution in [-0.4, -0.2) is 43.1 Å². The van der Waals surface area contributed by atoms with Crippen LogP contribution in [0, 0.1) is 6.92 Å². The molecule has 0 radical (unpaired) electrons. The van der Waals surface area contributed by atoms with E-state index in [1.165, 1.54) is 16.2 Å². The summed E-state index contributed by atoms with van der Waals surface area (Å²) in [5.74, 6) is 0.833. The molecule has 2 aromatic carbocycles. The zero-order chi connectivity index (χ0) is 23.4. The van der Waals surface area contributed by atoms with Crippen molar-refractivity contribution in [3.8, 4) is 5.75 Å². The van der Waals surface area contributed by atoms with Crippen molar-refractivity contribution in [3.63, 3.8) is 0 Å². The Hall–Kier alpha value is -4.18. The molecular formula is C23H24N6O4. The van der Waals surface area contributed by atoms with Crippen LogP contribution >= 0.6 is 0 Å². The first-order valence-corrected chi connectivity index (χ1v) is 10.3. The van der Waals surface area contributed by atoms with E-state index in [0.717, 1.165) is 11.1 Å². The molecule has 33 heavy (non-hydrogen) atoms. The average Bonchev–Trinajstić information content (AvgIpc) is 3.16. The Morgan fingerprint density at radius 3 is 2.64 bits per heavy atom. The molecule has 170 valence electrons. The number of ether oxygens (including phenoxy) is 1. The second-order valence-corrected chi connectivity index (χ2v) is 7.60. The maximum atomic E-state index is 12.6. The summed E-state index contributed by atoms with van der Waals surface area (Å²) in [6, 6.07) is 16.9. The van der Waals surface area contributed by atoms with Gasteiger partial charge in [-0.3, -0.25) is 14.3 Å². The second kappa shape index (κ2) is 9.53. The van der Waals surface area contributed by atoms with Gasteiger partial charge in [0, 0.05) is 7.05 Å². The van der Waals surface area contributed by atoms with Gasteiger partial charge in [0.15, 0.2) is 11.2 Å². The number of benzene rings is 2. The van der Waals surface area contributed by atoms with Crippen molar-refractivity contribution in [2.75, 3.05) is 12.0 Å². The molecule has 3 N–H and O–H groups in total. The molecule has 0 aliphatic carbocycles. The van der Waals surface area contributed by atoms with Gasteiger partial charge in [-0.2, -0.15) is 10.1 Å². The molecule has 4 aromatic rings. The van der Waals surface area contributed by atoms with Crippen molar-refractivity contribution in [2.45, 2.75) is 19.6 Å². The van der Waals surface area contributed by atoms with Gasteiger partial charge < -0.3 is 14.4 Å². The van der Waals surface area contributed by atoms with Crippen LogP contribution in [0.5, 0.6) is 5.75 Å². The molecular weight excluding hydrogens is 424 g/mol. The van der Waals surface area contributed by atoms with Crippen molar-refractivity contribution in [1.82, 2.24) is 19.1 Å². The van der Waals surface area contributed by atoms with Crippen LogP contribution < -0.4 is 21.4 Å². The SMILES string of the molecule is Cc1ccc(OCC(O)Cn2c(N/N=C/c3ccccc3)nc3c2c(=O)[nH]c(=O)n3C)cc1. The predicted molar refractivity (Wildman–Crippen MR) is 126 cm³/mol. The van der Waals surface area contributed by atoms with E-state index in [1.54, 1.807) is 6.21 Å². The van der Waals surface area contributed by atoms with Gasteiger partial charge >= 0.3 is 5.69 Å². The highest BCUT2D eigenvalue weighted by Crippen LogP contribution is 2.17. The fourth-order valence-corrected chi connectivity index (χ4v) is 3.29. The minimum absolute atomic E-state index is 0.000867. The maximum absolute atomic E-state index is 12.6. The lowest BCUT2D eigenvalue weighted by Crippen LogP contribution is -2.30. The monoisotopic (exact) mass is 448 g/mol. The van der Waals surface area contributed by atoms with E-state index in [9.17, 15) is 14.7 Å². The number of H-pyrrole nitrogens is 1. The molecule has 0 fully saturated rings. The fraction of sp³-hybridized carbons (Fsp3) is 0.217. The average molecular weight is 448 g/mol. The molecule has 2 heterocycles. The second-order valence-electron chi connectivity index (χ2n) is 7.60. The van der Waals surface area contributed by atoms with Crippen LogP contribution in [0.4, 0.5) is 5.95 Å². The van der Waals surface area contributed by atoms with Gasteiger partial charge in [-0.1, -0.05) is 48.0 Å². The summed E-state index contributed by atoms with van der Waals surface area (Å²) in [4.78, 5) is 31.2. The number of anilines is 1. The Morgan fingerprint density at radius 1 is 1.18 bits per heavy atom. The first kappa shape index (κ1) is 22.0. The summed E-state index contributed by atoms with van der Waals surface area (Å²) in [6.07, 6.45) is 0.642. The highest BCUT2D eigenvalue weighted by Gasteiger charge is 2.20. The number of fused-ring (bicyclic) bond motifs is 1. The lowest BCUT2D eigenvalue weighted by Gasteiger charge is -2.15. The number of hydrazone groups is 1. The minimum Gasteiger partial charge on any atom is -0.491 e. The molecule has 2 aromatic heterocycles. The van der Waals surface area contributed by atoms with Gasteiger partial charge in [-0.25, -0.2) is 10.2 Å². The minimum atomic E-state index is -0.959. The Bertz CT molecular complexity index is 1390. The number of hydrogen-bond acceptors (Lipinski definition) is 7. The van der Waals surface area contributed by atoms with Gasteiger partial charge in [-0.15, -0.1) is 0 Å². The van der Waals surface area contributed by atoms with E-state index in [2.05, 4.69) is 20.5 Å². The summed E-state index contributed by atoms with van der Waals surface area (Å²) in [7, 11) is 1.51. The summed E-state index contributed by atoms with van der Waals surface area (Å²) < 4.78 is 8.38. The molecule has 10 nitrogen and oxygen atoms in total. The highest BCUT2D eigenvalue weighted by atomic mass is 16.5. The van der Waals surface area contributed by atoms with E-state index in [0.29, 0.717) is 5.75 Å². The van der Waals surface area contributed by atoms with Crippen molar-refractivity contribution < 1.29 is 9.84 Å². The van der Waals surface area contributed by atoms with Gasteiger partial charge in [-0.05, 0) is 24.6 Å². The molecule has 10 heteroatoms. The first-order valence-electron chi connectivity index (χ1n) is 10.3. The van der Waals surface area contributed by atoms with Gasteiger partial charge in [0.05, 0.1) is 12.8 Å². The van der Waals surface area contributed by atoms with E-state index in [4.69, 9.17) is 4.74 Å². The zero-order valence-corrected chi connectivity index (χ0v) is 18.2. The Kier molecular flexibility index (Phi) is 6.36. The number of rotatable bonds is 8. The number of nitrogens with zero attached hydrogens (tertiary/aromatic N) is 4. The van der Waals surface area contributed by atoms with Gasteiger partial charge in [0.2, 0.25) is 5.95 Å². The summed E-state index contributed by atoms with van der Waals surface area (Å²) in [5.41, 5.74) is 3.91. The quantitative estimate of drug-likeness (QED) is 0.278. The molecule has 0 aliphatic rings. The summed E-state index contributed by atoms with van der Waals surface area (Å²) in [5, 5.41) is 14.8. The third kappa shape index (κ3) is 5.01. The van der Waals surface area contributed by atoms with Crippen LogP contribution in [-0.2, 0) is 13.6 Å². The van der Waals surface area contributed by atoms with Crippen molar-refractivity contribution in [3.05, 3.63) is 86.6 Å². The number of hydrogen-bond donors (Lipinski definition) is 3. The van der Waals surface area contributed by atoms with E-state index >= 15 is 0 Å². The Balaban J connectivity index is 1.61. The third-order valence-electron chi connectivity index (χ3n) is 5.04. The van der Waals surface area contributed by atoms with Crippen molar-refractivity contribution in [1.29, 1.82) is 0 Å². The topological polar surface area (TPSA) is 127 Å².